The molecule has 0 aliphatic rings. The number of oxazole rings is 1. The van der Waals surface area contributed by atoms with Gasteiger partial charge in [-0.3, -0.25) is 0 Å². The van der Waals surface area contributed by atoms with Gasteiger partial charge in [0.1, 0.15) is 6.26 Å². The number of hydrogen-bond donors (Lipinski definition) is 0. The first-order valence-electron chi connectivity index (χ1n) is 6.82. The normalized spacial score (nSPS) is 10.8. The number of aromatic nitrogens is 2. The molecule has 20 heavy (non-hydrogen) atoms. The van der Waals surface area contributed by atoms with Crippen molar-refractivity contribution in [2.75, 3.05) is 0 Å². The number of aryl methyl sites for hydroxylation is 1. The first-order chi connectivity index (χ1) is 9.86. The molecule has 3 rings (SSSR count). The highest BCUT2D eigenvalue weighted by molar-refractivity contribution is 7.15. The highest BCUT2D eigenvalue weighted by atomic mass is 32.1. The van der Waals surface area contributed by atoms with Crippen molar-refractivity contribution in [3.8, 4) is 21.9 Å². The molecule has 0 bridgehead atoms. The van der Waals surface area contributed by atoms with Gasteiger partial charge in [-0.1, -0.05) is 25.5 Å². The van der Waals surface area contributed by atoms with Crippen LogP contribution in [0.5, 0.6) is 0 Å². The smallest absolute Gasteiger partial charge is 0.225 e. The zero-order chi connectivity index (χ0) is 13.8. The van der Waals surface area contributed by atoms with Crippen LogP contribution in [0.4, 0.5) is 0 Å². The predicted molar refractivity (Wildman–Crippen MR) is 81.7 cm³/mol. The zero-order valence-electron chi connectivity index (χ0n) is 11.4. The summed E-state index contributed by atoms with van der Waals surface area (Å²) in [7, 11) is 0. The predicted octanol–water partition coefficient (Wildman–Crippen LogP) is 4.81. The van der Waals surface area contributed by atoms with Crippen molar-refractivity contribution in [1.29, 1.82) is 0 Å². The van der Waals surface area contributed by atoms with Crippen molar-refractivity contribution in [2.24, 2.45) is 0 Å². The Labute approximate surface area is 122 Å². The minimum atomic E-state index is 0.655. The second-order valence-electron chi connectivity index (χ2n) is 4.64. The maximum Gasteiger partial charge on any atom is 0.225 e. The Kier molecular flexibility index (Phi) is 3.92. The molecule has 0 fully saturated rings. The van der Waals surface area contributed by atoms with Gasteiger partial charge in [0.15, 0.2) is 0 Å². The number of unbranched alkanes of at least 4 members (excludes halogenated alkanes) is 1. The van der Waals surface area contributed by atoms with Gasteiger partial charge in [-0.2, -0.15) is 0 Å². The zero-order valence-corrected chi connectivity index (χ0v) is 12.2. The lowest BCUT2D eigenvalue weighted by Gasteiger charge is -1.99. The number of hydrogen-bond acceptors (Lipinski definition) is 4. The monoisotopic (exact) mass is 284 g/mol. The molecular weight excluding hydrogens is 268 g/mol. The summed E-state index contributed by atoms with van der Waals surface area (Å²) in [5.74, 6) is 0.655. The fraction of sp³-hybridized carbons (Fsp3) is 0.250. The van der Waals surface area contributed by atoms with E-state index < -0.39 is 0 Å². The molecule has 3 nitrogen and oxygen atoms in total. The van der Waals surface area contributed by atoms with Crippen molar-refractivity contribution < 1.29 is 4.42 Å². The van der Waals surface area contributed by atoms with Crippen LogP contribution in [0.2, 0.25) is 0 Å². The number of rotatable bonds is 5. The van der Waals surface area contributed by atoms with E-state index in [0.29, 0.717) is 5.89 Å². The fourth-order valence-corrected chi connectivity index (χ4v) is 3.01. The lowest BCUT2D eigenvalue weighted by atomic mass is 10.1. The molecule has 0 amide bonds. The average molecular weight is 284 g/mol. The molecule has 2 heterocycles. The Balaban J connectivity index is 1.87. The Bertz CT molecular complexity index is 673. The third-order valence-electron chi connectivity index (χ3n) is 3.12. The molecular formula is C16H16N2OS. The number of benzene rings is 1. The minimum absolute atomic E-state index is 0.655. The highest BCUT2D eigenvalue weighted by Gasteiger charge is 2.07. The van der Waals surface area contributed by atoms with Gasteiger partial charge in [-0.15, -0.1) is 11.3 Å². The van der Waals surface area contributed by atoms with Crippen molar-refractivity contribution in [1.82, 2.24) is 9.97 Å². The third-order valence-corrected chi connectivity index (χ3v) is 4.23. The lowest BCUT2D eigenvalue weighted by molar-refractivity contribution is 0.574. The Morgan fingerprint density at radius 3 is 2.90 bits per heavy atom. The van der Waals surface area contributed by atoms with E-state index >= 15 is 0 Å². The van der Waals surface area contributed by atoms with Gasteiger partial charge in [0.2, 0.25) is 5.89 Å². The van der Waals surface area contributed by atoms with Crippen LogP contribution in [0, 0.1) is 0 Å². The van der Waals surface area contributed by atoms with E-state index in [1.54, 1.807) is 23.8 Å². The van der Waals surface area contributed by atoms with E-state index in [-0.39, 0.29) is 0 Å². The average Bonchev–Trinajstić information content (AvgIpc) is 3.17. The second-order valence-corrected chi connectivity index (χ2v) is 5.76. The van der Waals surface area contributed by atoms with E-state index in [0.717, 1.165) is 12.0 Å². The molecule has 0 N–H and O–H groups in total. The third kappa shape index (κ3) is 2.80. The molecule has 3 aromatic rings. The van der Waals surface area contributed by atoms with Gasteiger partial charge in [0.05, 0.1) is 16.1 Å². The summed E-state index contributed by atoms with van der Waals surface area (Å²) in [5.41, 5.74) is 2.16. The van der Waals surface area contributed by atoms with Gasteiger partial charge < -0.3 is 4.42 Å². The van der Waals surface area contributed by atoms with Crippen molar-refractivity contribution in [3.05, 3.63) is 47.9 Å². The van der Waals surface area contributed by atoms with Crippen LogP contribution in [-0.4, -0.2) is 9.97 Å². The van der Waals surface area contributed by atoms with Crippen LogP contribution in [-0.2, 0) is 6.42 Å². The molecule has 0 saturated carbocycles. The van der Waals surface area contributed by atoms with E-state index in [2.05, 4.69) is 29.0 Å². The van der Waals surface area contributed by atoms with Gasteiger partial charge in [0.25, 0.3) is 0 Å². The van der Waals surface area contributed by atoms with Crippen LogP contribution in [0.25, 0.3) is 21.9 Å². The fourth-order valence-electron chi connectivity index (χ4n) is 2.06. The van der Waals surface area contributed by atoms with Crippen molar-refractivity contribution in [3.63, 3.8) is 0 Å². The summed E-state index contributed by atoms with van der Waals surface area (Å²) >= 11 is 1.77. The second kappa shape index (κ2) is 6.01. The number of thiazole rings is 1. The molecule has 0 unspecified atom stereocenters. The topological polar surface area (TPSA) is 38.9 Å². The molecule has 0 aliphatic heterocycles. The van der Waals surface area contributed by atoms with E-state index in [9.17, 15) is 0 Å². The Morgan fingerprint density at radius 1 is 1.20 bits per heavy atom. The maximum atomic E-state index is 5.35. The summed E-state index contributed by atoms with van der Waals surface area (Å²) in [6, 6.07) is 8.24. The Hall–Kier alpha value is -1.94. The first kappa shape index (κ1) is 13.1. The standard InChI is InChI=1S/C16H16N2OS/c1-2-3-7-15-18-11-14(20-15)12-5-4-6-13(10-12)16-17-8-9-19-16/h4-6,8-11H,2-3,7H2,1H3. The summed E-state index contributed by atoms with van der Waals surface area (Å²) < 4.78 is 5.35. The number of nitrogens with zero attached hydrogens (tertiary/aromatic N) is 2. The van der Waals surface area contributed by atoms with Crippen LogP contribution in [0.3, 0.4) is 0 Å². The van der Waals surface area contributed by atoms with Crippen LogP contribution < -0.4 is 0 Å². The molecule has 0 saturated heterocycles. The molecule has 2 aromatic heterocycles. The molecule has 102 valence electrons. The van der Waals surface area contributed by atoms with Gasteiger partial charge in [-0.05, 0) is 30.5 Å². The highest BCUT2D eigenvalue weighted by Crippen LogP contribution is 2.30. The SMILES string of the molecule is CCCCc1ncc(-c2cccc(-c3ncco3)c2)s1. The van der Waals surface area contributed by atoms with Crippen molar-refractivity contribution in [2.45, 2.75) is 26.2 Å². The summed E-state index contributed by atoms with van der Waals surface area (Å²) in [6.07, 6.45) is 8.69. The molecule has 0 atom stereocenters. The minimum Gasteiger partial charge on any atom is -0.445 e. The first-order valence-corrected chi connectivity index (χ1v) is 7.63. The van der Waals surface area contributed by atoms with E-state index in [1.165, 1.54) is 28.3 Å². The van der Waals surface area contributed by atoms with Crippen LogP contribution >= 0.6 is 11.3 Å². The summed E-state index contributed by atoms with van der Waals surface area (Å²) in [4.78, 5) is 9.89. The van der Waals surface area contributed by atoms with E-state index in [1.807, 2.05) is 18.3 Å². The molecule has 4 heteroatoms. The Morgan fingerprint density at radius 2 is 2.10 bits per heavy atom. The molecule has 1 aromatic carbocycles. The van der Waals surface area contributed by atoms with Gasteiger partial charge in [0, 0.05) is 11.8 Å². The summed E-state index contributed by atoms with van der Waals surface area (Å²) in [5, 5.41) is 1.21. The molecule has 0 aliphatic carbocycles. The van der Waals surface area contributed by atoms with E-state index in [4.69, 9.17) is 4.42 Å². The van der Waals surface area contributed by atoms with Gasteiger partial charge >= 0.3 is 0 Å². The molecule has 0 radical (unpaired) electrons. The van der Waals surface area contributed by atoms with Crippen molar-refractivity contribution >= 4 is 11.3 Å². The molecule has 0 spiro atoms. The summed E-state index contributed by atoms with van der Waals surface area (Å²) in [6.45, 7) is 2.20. The van der Waals surface area contributed by atoms with Crippen LogP contribution in [0.15, 0.2) is 47.3 Å². The van der Waals surface area contributed by atoms with Crippen LogP contribution in [0.1, 0.15) is 24.8 Å². The van der Waals surface area contributed by atoms with Gasteiger partial charge in [-0.25, -0.2) is 9.97 Å². The largest absolute Gasteiger partial charge is 0.445 e. The quantitative estimate of drug-likeness (QED) is 0.675. The lowest BCUT2D eigenvalue weighted by Crippen LogP contribution is -1.80. The maximum absolute atomic E-state index is 5.35.